The summed E-state index contributed by atoms with van der Waals surface area (Å²) in [5, 5.41) is 0. The van der Waals surface area contributed by atoms with Gasteiger partial charge in [0.1, 0.15) is 13.2 Å². The molecule has 0 aromatic heterocycles. The zero-order valence-electron chi connectivity index (χ0n) is 51.2. The Morgan fingerprint density at radius 1 is 0.273 bits per heavy atom. The summed E-state index contributed by atoms with van der Waals surface area (Å²) in [6.45, 7) is 6.52. The van der Waals surface area contributed by atoms with Crippen LogP contribution < -0.4 is 0 Å². The fraction of sp³-hybridized carbons (Fsp3) is 0.789. The van der Waals surface area contributed by atoms with Crippen LogP contribution in [0.15, 0.2) is 72.9 Å². The molecule has 0 radical (unpaired) electrons. The molecule has 6 nitrogen and oxygen atoms in total. The first kappa shape index (κ1) is 73.8. The lowest BCUT2D eigenvalue weighted by molar-refractivity contribution is -0.167. The third kappa shape index (κ3) is 63.6. The normalized spacial score (nSPS) is 12.5. The quantitative estimate of drug-likeness (QED) is 0.0261. The van der Waals surface area contributed by atoms with Crippen molar-refractivity contribution in [2.24, 2.45) is 0 Å². The minimum atomic E-state index is -0.773. The maximum Gasteiger partial charge on any atom is 0.306 e. The van der Waals surface area contributed by atoms with Gasteiger partial charge in [-0.05, 0) is 89.9 Å². The monoisotopic (exact) mass is 1070 g/mol. The summed E-state index contributed by atoms with van der Waals surface area (Å²) < 4.78 is 16.9. The molecule has 446 valence electrons. The molecule has 6 heteroatoms. The predicted octanol–water partition coefficient (Wildman–Crippen LogP) is 22.9. The summed E-state index contributed by atoms with van der Waals surface area (Å²) in [5.41, 5.74) is 0. The average Bonchev–Trinajstić information content (AvgIpc) is 3.43. The van der Waals surface area contributed by atoms with Crippen LogP contribution in [0.25, 0.3) is 0 Å². The largest absolute Gasteiger partial charge is 0.462 e. The number of esters is 3. The number of allylic oxidation sites excluding steroid dienone is 12. The molecule has 0 fully saturated rings. The number of ether oxygens (including phenoxy) is 3. The van der Waals surface area contributed by atoms with Crippen molar-refractivity contribution in [1.29, 1.82) is 0 Å². The van der Waals surface area contributed by atoms with Gasteiger partial charge in [-0.2, -0.15) is 0 Å². The van der Waals surface area contributed by atoms with E-state index < -0.39 is 6.10 Å². The van der Waals surface area contributed by atoms with Crippen molar-refractivity contribution >= 4 is 17.9 Å². The molecule has 0 spiro atoms. The van der Waals surface area contributed by atoms with E-state index in [0.29, 0.717) is 19.3 Å². The van der Waals surface area contributed by atoms with Gasteiger partial charge in [-0.25, -0.2) is 0 Å². The predicted molar refractivity (Wildman–Crippen MR) is 335 cm³/mol. The molecule has 0 saturated carbocycles. The fourth-order valence-corrected chi connectivity index (χ4v) is 9.70. The number of hydrogen-bond donors (Lipinski definition) is 0. The molecular formula is C71H126O6. The van der Waals surface area contributed by atoms with Gasteiger partial charge in [0, 0.05) is 19.3 Å². The Labute approximate surface area is 478 Å². The highest BCUT2D eigenvalue weighted by molar-refractivity contribution is 5.71. The number of unbranched alkanes of at least 4 members (excludes halogenated alkanes) is 38. The highest BCUT2D eigenvalue weighted by Crippen LogP contribution is 2.17. The summed E-state index contributed by atoms with van der Waals surface area (Å²) in [7, 11) is 0. The fourth-order valence-electron chi connectivity index (χ4n) is 9.70. The second-order valence-corrected chi connectivity index (χ2v) is 22.4. The third-order valence-electron chi connectivity index (χ3n) is 14.7. The Morgan fingerprint density at radius 3 is 0.792 bits per heavy atom. The molecule has 0 bridgehead atoms. The van der Waals surface area contributed by atoms with Crippen molar-refractivity contribution in [2.45, 2.75) is 348 Å². The molecule has 0 rings (SSSR count). The molecular weight excluding hydrogens is 949 g/mol. The molecule has 0 aliphatic rings. The molecule has 0 aromatic carbocycles. The van der Waals surface area contributed by atoms with Crippen LogP contribution in [0.5, 0.6) is 0 Å². The van der Waals surface area contributed by atoms with E-state index in [4.69, 9.17) is 14.2 Å². The van der Waals surface area contributed by atoms with Crippen LogP contribution in [0.3, 0.4) is 0 Å². The maximum absolute atomic E-state index is 12.9. The number of carbonyl (C=O) groups excluding carboxylic acids is 3. The molecule has 0 heterocycles. The Hall–Kier alpha value is -3.15. The second-order valence-electron chi connectivity index (χ2n) is 22.4. The van der Waals surface area contributed by atoms with Crippen LogP contribution in [0.4, 0.5) is 0 Å². The Balaban J connectivity index is 4.07. The average molecular weight is 1080 g/mol. The number of rotatable bonds is 61. The van der Waals surface area contributed by atoms with Crippen LogP contribution in [-0.2, 0) is 28.6 Å². The molecule has 0 aromatic rings. The van der Waals surface area contributed by atoms with E-state index in [1.165, 1.54) is 212 Å². The lowest BCUT2D eigenvalue weighted by atomic mass is 10.0. The first-order valence-corrected chi connectivity index (χ1v) is 33.4. The maximum atomic E-state index is 12.9. The first-order valence-electron chi connectivity index (χ1n) is 33.4. The molecule has 0 aliphatic heterocycles. The van der Waals surface area contributed by atoms with Gasteiger partial charge in [0.25, 0.3) is 0 Å². The van der Waals surface area contributed by atoms with Crippen molar-refractivity contribution in [3.63, 3.8) is 0 Å². The third-order valence-corrected chi connectivity index (χ3v) is 14.7. The highest BCUT2D eigenvalue weighted by atomic mass is 16.6. The summed E-state index contributed by atoms with van der Waals surface area (Å²) >= 11 is 0. The van der Waals surface area contributed by atoms with E-state index >= 15 is 0 Å². The van der Waals surface area contributed by atoms with Crippen molar-refractivity contribution < 1.29 is 28.6 Å². The Bertz CT molecular complexity index is 1420. The number of hydrogen-bond acceptors (Lipinski definition) is 6. The van der Waals surface area contributed by atoms with Gasteiger partial charge >= 0.3 is 17.9 Å². The second kappa shape index (κ2) is 65.4. The van der Waals surface area contributed by atoms with Crippen LogP contribution in [0.2, 0.25) is 0 Å². The topological polar surface area (TPSA) is 78.9 Å². The molecule has 1 unspecified atom stereocenters. The standard InChI is InChI=1S/C71H126O6/c1-4-7-10-13-16-18-20-22-24-26-28-30-32-33-34-35-36-37-39-40-42-44-46-48-50-52-55-58-61-64-70(73)76-67-68(66-75-69(72)63-60-57-54-15-12-9-6-3)77-71(74)65-62-59-56-53-51-49-47-45-43-41-38-31-29-27-25-23-21-19-17-14-11-8-5-2/h7,10,16,18,21-24,27-30,68H,4-6,8-9,11-15,17,19-20,25-26,31-67H2,1-3H3/b10-7-,18-16-,23-21-,24-22-,29-27-,30-28-. The summed E-state index contributed by atoms with van der Waals surface area (Å²) in [5.74, 6) is -0.864. The Morgan fingerprint density at radius 2 is 0.506 bits per heavy atom. The van der Waals surface area contributed by atoms with Crippen LogP contribution in [0, 0.1) is 0 Å². The SMILES string of the molecule is CC/C=C\C/C=C\C/C=C\C/C=C\CCCCCCCCCCCCCCCCCCC(=O)OCC(COC(=O)CCCCCCCCC)OC(=O)CCCCCCCCCCCCC/C=C\C/C=C\CCCCCCC. The zero-order chi connectivity index (χ0) is 55.7. The smallest absolute Gasteiger partial charge is 0.306 e. The van der Waals surface area contributed by atoms with Crippen molar-refractivity contribution in [3.8, 4) is 0 Å². The van der Waals surface area contributed by atoms with E-state index in [9.17, 15) is 14.4 Å². The zero-order valence-corrected chi connectivity index (χ0v) is 51.2. The summed E-state index contributed by atoms with van der Waals surface area (Å²) in [4.78, 5) is 38.1. The van der Waals surface area contributed by atoms with Gasteiger partial charge in [-0.1, -0.05) is 306 Å². The van der Waals surface area contributed by atoms with Gasteiger partial charge in [-0.3, -0.25) is 14.4 Å². The van der Waals surface area contributed by atoms with Crippen molar-refractivity contribution in [1.82, 2.24) is 0 Å². The van der Waals surface area contributed by atoms with E-state index in [-0.39, 0.29) is 31.1 Å². The lowest BCUT2D eigenvalue weighted by Crippen LogP contribution is -2.30. The molecule has 1 atom stereocenters. The van der Waals surface area contributed by atoms with E-state index in [0.717, 1.165) is 89.9 Å². The van der Waals surface area contributed by atoms with Crippen molar-refractivity contribution in [3.05, 3.63) is 72.9 Å². The summed E-state index contributed by atoms with van der Waals surface area (Å²) in [6, 6.07) is 0. The highest BCUT2D eigenvalue weighted by Gasteiger charge is 2.19. The van der Waals surface area contributed by atoms with Gasteiger partial charge in [0.15, 0.2) is 6.10 Å². The van der Waals surface area contributed by atoms with Crippen LogP contribution >= 0.6 is 0 Å². The van der Waals surface area contributed by atoms with Gasteiger partial charge in [0.05, 0.1) is 0 Å². The van der Waals surface area contributed by atoms with E-state index in [1.807, 2.05) is 0 Å². The molecule has 0 aliphatic carbocycles. The van der Waals surface area contributed by atoms with Crippen molar-refractivity contribution in [2.75, 3.05) is 13.2 Å². The lowest BCUT2D eigenvalue weighted by Gasteiger charge is -2.18. The van der Waals surface area contributed by atoms with E-state index in [2.05, 4.69) is 93.7 Å². The van der Waals surface area contributed by atoms with Gasteiger partial charge in [0.2, 0.25) is 0 Å². The number of carbonyl (C=O) groups is 3. The molecule has 0 amide bonds. The van der Waals surface area contributed by atoms with Gasteiger partial charge in [-0.15, -0.1) is 0 Å². The molecule has 0 N–H and O–H groups in total. The molecule has 0 saturated heterocycles. The minimum absolute atomic E-state index is 0.0721. The molecule has 77 heavy (non-hydrogen) atoms. The first-order chi connectivity index (χ1) is 38.0. The van der Waals surface area contributed by atoms with Gasteiger partial charge < -0.3 is 14.2 Å². The van der Waals surface area contributed by atoms with Crippen LogP contribution in [-0.4, -0.2) is 37.2 Å². The van der Waals surface area contributed by atoms with E-state index in [1.54, 1.807) is 0 Å². The summed E-state index contributed by atoms with van der Waals surface area (Å²) in [6.07, 6.45) is 85.2. The van der Waals surface area contributed by atoms with Crippen LogP contribution in [0.1, 0.15) is 342 Å². The Kier molecular flexibility index (Phi) is 62.7. The minimum Gasteiger partial charge on any atom is -0.462 e.